The first-order chi connectivity index (χ1) is 7.46. The van der Waals surface area contributed by atoms with E-state index in [1.165, 1.54) is 22.0 Å². The third kappa shape index (κ3) is 1.70. The minimum Gasteiger partial charge on any atom is -0.323 e. The van der Waals surface area contributed by atoms with Gasteiger partial charge in [-0.1, -0.05) is 20.8 Å². The average molecular weight is 236 g/mol. The predicted octanol–water partition coefficient (Wildman–Crippen LogP) is 3.24. The molecule has 1 aromatic rings. The van der Waals surface area contributed by atoms with Gasteiger partial charge in [0.25, 0.3) is 0 Å². The molecule has 16 heavy (non-hydrogen) atoms. The number of nitrogens with zero attached hydrogens (tertiary/aromatic N) is 1. The second-order valence-electron chi connectivity index (χ2n) is 6.33. The first-order valence-electron chi connectivity index (χ1n) is 6.21. The summed E-state index contributed by atoms with van der Waals surface area (Å²) in [6.07, 6.45) is 3.53. The molecule has 3 atom stereocenters. The van der Waals surface area contributed by atoms with E-state index in [2.05, 4.69) is 20.8 Å². The Hall–Kier alpha value is -0.410. The first-order valence-corrected chi connectivity index (χ1v) is 7.03. The van der Waals surface area contributed by atoms with E-state index in [1.54, 1.807) is 0 Å². The summed E-state index contributed by atoms with van der Waals surface area (Å²) in [6, 6.07) is 0.221. The van der Waals surface area contributed by atoms with Gasteiger partial charge in [-0.15, -0.1) is 11.3 Å². The zero-order chi connectivity index (χ0) is 11.5. The number of thiazole rings is 1. The van der Waals surface area contributed by atoms with E-state index >= 15 is 0 Å². The van der Waals surface area contributed by atoms with E-state index in [1.807, 2.05) is 11.3 Å². The molecule has 3 heteroatoms. The van der Waals surface area contributed by atoms with Crippen LogP contribution in [0.1, 0.15) is 61.2 Å². The van der Waals surface area contributed by atoms with Crippen LogP contribution in [-0.4, -0.2) is 4.98 Å². The van der Waals surface area contributed by atoms with Crippen molar-refractivity contribution in [2.75, 3.05) is 0 Å². The van der Waals surface area contributed by atoms with Crippen molar-refractivity contribution in [3.05, 3.63) is 15.6 Å². The van der Waals surface area contributed by atoms with Crippen LogP contribution in [0.3, 0.4) is 0 Å². The lowest BCUT2D eigenvalue weighted by Gasteiger charge is -2.32. The van der Waals surface area contributed by atoms with Crippen molar-refractivity contribution in [1.29, 1.82) is 0 Å². The number of hydrogen-bond donors (Lipinski definition) is 1. The van der Waals surface area contributed by atoms with E-state index in [0.29, 0.717) is 5.41 Å². The maximum Gasteiger partial charge on any atom is 0.0965 e. The molecule has 88 valence electrons. The van der Waals surface area contributed by atoms with Gasteiger partial charge in [-0.25, -0.2) is 4.98 Å². The van der Waals surface area contributed by atoms with Crippen LogP contribution < -0.4 is 5.73 Å². The number of hydrogen-bond acceptors (Lipinski definition) is 3. The molecule has 0 saturated heterocycles. The smallest absolute Gasteiger partial charge is 0.0965 e. The molecular weight excluding hydrogens is 216 g/mol. The SMILES string of the molecule is CC1CC1c1nc2c(s1)C(N)CC(C)(C)C2. The van der Waals surface area contributed by atoms with E-state index in [0.717, 1.165) is 24.7 Å². The highest BCUT2D eigenvalue weighted by atomic mass is 32.1. The quantitative estimate of drug-likeness (QED) is 0.813. The van der Waals surface area contributed by atoms with Crippen molar-refractivity contribution >= 4 is 11.3 Å². The molecule has 0 aromatic carbocycles. The zero-order valence-corrected chi connectivity index (χ0v) is 11.1. The molecule has 2 nitrogen and oxygen atoms in total. The lowest BCUT2D eigenvalue weighted by Crippen LogP contribution is -2.28. The zero-order valence-electron chi connectivity index (χ0n) is 10.3. The number of nitrogens with two attached hydrogens (primary N) is 1. The van der Waals surface area contributed by atoms with Gasteiger partial charge in [-0.05, 0) is 30.6 Å². The Morgan fingerprint density at radius 3 is 2.75 bits per heavy atom. The topological polar surface area (TPSA) is 38.9 Å². The Kier molecular flexibility index (Phi) is 2.21. The van der Waals surface area contributed by atoms with Crippen LogP contribution in [0.15, 0.2) is 0 Å². The summed E-state index contributed by atoms with van der Waals surface area (Å²) in [5, 5.41) is 1.35. The van der Waals surface area contributed by atoms with Crippen molar-refractivity contribution in [2.24, 2.45) is 17.1 Å². The molecule has 3 rings (SSSR count). The molecule has 2 N–H and O–H groups in total. The van der Waals surface area contributed by atoms with Gasteiger partial charge in [-0.2, -0.15) is 0 Å². The summed E-state index contributed by atoms with van der Waals surface area (Å²) in [5.41, 5.74) is 7.88. The van der Waals surface area contributed by atoms with Gasteiger partial charge in [0.1, 0.15) is 0 Å². The molecule has 1 aromatic heterocycles. The third-order valence-electron chi connectivity index (χ3n) is 3.93. The normalized spacial score (nSPS) is 35.9. The van der Waals surface area contributed by atoms with Crippen molar-refractivity contribution in [1.82, 2.24) is 4.98 Å². The highest BCUT2D eigenvalue weighted by Crippen LogP contribution is 2.51. The molecule has 3 unspecified atom stereocenters. The monoisotopic (exact) mass is 236 g/mol. The van der Waals surface area contributed by atoms with E-state index in [-0.39, 0.29) is 6.04 Å². The molecule has 2 aliphatic carbocycles. The summed E-state index contributed by atoms with van der Waals surface area (Å²) in [4.78, 5) is 6.22. The van der Waals surface area contributed by atoms with Crippen LogP contribution in [0.2, 0.25) is 0 Å². The Morgan fingerprint density at radius 1 is 1.44 bits per heavy atom. The summed E-state index contributed by atoms with van der Waals surface area (Å²) >= 11 is 1.88. The molecule has 0 aliphatic heterocycles. The minimum atomic E-state index is 0.221. The van der Waals surface area contributed by atoms with Crippen LogP contribution in [0, 0.1) is 11.3 Å². The van der Waals surface area contributed by atoms with Crippen molar-refractivity contribution < 1.29 is 0 Å². The fourth-order valence-electron chi connectivity index (χ4n) is 2.84. The lowest BCUT2D eigenvalue weighted by molar-refractivity contribution is 0.282. The number of rotatable bonds is 1. The molecule has 0 amide bonds. The van der Waals surface area contributed by atoms with Gasteiger partial charge in [0.2, 0.25) is 0 Å². The van der Waals surface area contributed by atoms with E-state index < -0.39 is 0 Å². The maximum atomic E-state index is 6.26. The lowest BCUT2D eigenvalue weighted by atomic mass is 9.77. The maximum absolute atomic E-state index is 6.26. The third-order valence-corrected chi connectivity index (χ3v) is 5.29. The molecule has 1 saturated carbocycles. The van der Waals surface area contributed by atoms with Gasteiger partial charge < -0.3 is 5.73 Å². The van der Waals surface area contributed by atoms with E-state index in [9.17, 15) is 0 Å². The molecule has 0 bridgehead atoms. The van der Waals surface area contributed by atoms with Crippen LogP contribution in [-0.2, 0) is 6.42 Å². The fraction of sp³-hybridized carbons (Fsp3) is 0.769. The summed E-state index contributed by atoms with van der Waals surface area (Å²) in [7, 11) is 0. The van der Waals surface area contributed by atoms with Crippen molar-refractivity contribution in [3.63, 3.8) is 0 Å². The second kappa shape index (κ2) is 3.30. The van der Waals surface area contributed by atoms with Gasteiger partial charge in [0, 0.05) is 16.8 Å². The summed E-state index contributed by atoms with van der Waals surface area (Å²) < 4.78 is 0. The molecule has 2 aliphatic rings. The Bertz CT molecular complexity index is 422. The first kappa shape index (κ1) is 10.7. The highest BCUT2D eigenvalue weighted by Gasteiger charge is 2.40. The summed E-state index contributed by atoms with van der Waals surface area (Å²) in [5.74, 6) is 1.59. The standard InChI is InChI=1S/C13H20N2S/c1-7-4-8(7)12-15-10-6-13(2,3)5-9(14)11(10)16-12/h7-9H,4-6,14H2,1-3H3. The molecule has 1 heterocycles. The van der Waals surface area contributed by atoms with Crippen LogP contribution in [0.4, 0.5) is 0 Å². The number of aromatic nitrogens is 1. The summed E-state index contributed by atoms with van der Waals surface area (Å²) in [6.45, 7) is 6.91. The van der Waals surface area contributed by atoms with Crippen LogP contribution >= 0.6 is 11.3 Å². The van der Waals surface area contributed by atoms with Gasteiger partial charge in [-0.3, -0.25) is 0 Å². The largest absolute Gasteiger partial charge is 0.323 e. The van der Waals surface area contributed by atoms with Gasteiger partial charge in [0.15, 0.2) is 0 Å². The Morgan fingerprint density at radius 2 is 2.12 bits per heavy atom. The predicted molar refractivity (Wildman–Crippen MR) is 67.7 cm³/mol. The second-order valence-corrected chi connectivity index (χ2v) is 7.40. The fourth-order valence-corrected chi connectivity index (χ4v) is 4.17. The van der Waals surface area contributed by atoms with Gasteiger partial charge >= 0.3 is 0 Å². The minimum absolute atomic E-state index is 0.221. The molecular formula is C13H20N2S. The van der Waals surface area contributed by atoms with E-state index in [4.69, 9.17) is 10.7 Å². The van der Waals surface area contributed by atoms with Crippen LogP contribution in [0.5, 0.6) is 0 Å². The van der Waals surface area contributed by atoms with Crippen molar-refractivity contribution in [2.45, 2.75) is 52.0 Å². The Balaban J connectivity index is 1.94. The Labute approximate surface area is 101 Å². The van der Waals surface area contributed by atoms with Crippen LogP contribution in [0.25, 0.3) is 0 Å². The highest BCUT2D eigenvalue weighted by molar-refractivity contribution is 7.12. The number of fused-ring (bicyclic) bond motifs is 1. The van der Waals surface area contributed by atoms with Gasteiger partial charge in [0.05, 0.1) is 10.7 Å². The molecule has 1 fully saturated rings. The molecule has 0 radical (unpaired) electrons. The average Bonchev–Trinajstić information content (AvgIpc) is 2.73. The van der Waals surface area contributed by atoms with Crippen molar-refractivity contribution in [3.8, 4) is 0 Å². The molecule has 0 spiro atoms.